The number of hydrogen-bond acceptors (Lipinski definition) is 7. The van der Waals surface area contributed by atoms with Gasteiger partial charge in [-0.05, 0) is 19.2 Å². The van der Waals surface area contributed by atoms with Crippen molar-refractivity contribution in [1.29, 1.82) is 0 Å². The third-order valence-electron chi connectivity index (χ3n) is 4.41. The number of thioether (sulfide) groups is 1. The average molecular weight is 429 g/mol. The SMILES string of the molecule is CN1CCN(c2cc(C(F)(F)F)nc(SCCC(=O)NCc3ccco3)n2)CC1. The van der Waals surface area contributed by atoms with E-state index in [2.05, 4.69) is 20.2 Å². The lowest BCUT2D eigenvalue weighted by atomic mass is 10.3. The lowest BCUT2D eigenvalue weighted by molar-refractivity contribution is -0.141. The Balaban J connectivity index is 1.60. The second-order valence-electron chi connectivity index (χ2n) is 6.64. The first-order chi connectivity index (χ1) is 13.8. The van der Waals surface area contributed by atoms with E-state index in [9.17, 15) is 18.0 Å². The molecule has 3 rings (SSSR count). The number of piperazine rings is 1. The minimum absolute atomic E-state index is 0.0209. The molecule has 3 heterocycles. The number of alkyl halides is 3. The summed E-state index contributed by atoms with van der Waals surface area (Å²) in [4.78, 5) is 23.8. The molecule has 1 aliphatic rings. The van der Waals surface area contributed by atoms with Crippen molar-refractivity contribution >= 4 is 23.5 Å². The molecule has 29 heavy (non-hydrogen) atoms. The van der Waals surface area contributed by atoms with E-state index in [4.69, 9.17) is 4.42 Å². The number of hydrogen-bond donors (Lipinski definition) is 1. The zero-order valence-corrected chi connectivity index (χ0v) is 16.7. The number of anilines is 1. The van der Waals surface area contributed by atoms with Crippen molar-refractivity contribution in [3.63, 3.8) is 0 Å². The van der Waals surface area contributed by atoms with Gasteiger partial charge in [-0.3, -0.25) is 4.79 Å². The minimum atomic E-state index is -4.56. The first kappa shape index (κ1) is 21.4. The van der Waals surface area contributed by atoms with Gasteiger partial charge in [-0.25, -0.2) is 9.97 Å². The largest absolute Gasteiger partial charge is 0.467 e. The van der Waals surface area contributed by atoms with Gasteiger partial charge < -0.3 is 19.5 Å². The summed E-state index contributed by atoms with van der Waals surface area (Å²) in [7, 11) is 1.97. The first-order valence-electron chi connectivity index (χ1n) is 9.13. The fourth-order valence-electron chi connectivity index (χ4n) is 2.74. The van der Waals surface area contributed by atoms with E-state index >= 15 is 0 Å². The molecule has 1 fully saturated rings. The van der Waals surface area contributed by atoms with Crippen LogP contribution in [0.1, 0.15) is 17.9 Å². The Morgan fingerprint density at radius 2 is 2.03 bits per heavy atom. The average Bonchev–Trinajstić information content (AvgIpc) is 3.20. The highest BCUT2D eigenvalue weighted by atomic mass is 32.2. The van der Waals surface area contributed by atoms with E-state index in [1.165, 1.54) is 6.26 Å². The normalized spacial score (nSPS) is 15.5. The van der Waals surface area contributed by atoms with Crippen LogP contribution in [0.5, 0.6) is 0 Å². The van der Waals surface area contributed by atoms with Crippen LogP contribution < -0.4 is 10.2 Å². The highest BCUT2D eigenvalue weighted by Crippen LogP contribution is 2.31. The number of rotatable bonds is 7. The molecular formula is C18H22F3N5O2S. The molecule has 0 aromatic carbocycles. The third kappa shape index (κ3) is 6.36. The number of furan rings is 1. The van der Waals surface area contributed by atoms with Gasteiger partial charge in [0.1, 0.15) is 11.6 Å². The maximum absolute atomic E-state index is 13.3. The van der Waals surface area contributed by atoms with E-state index in [-0.39, 0.29) is 35.6 Å². The summed E-state index contributed by atoms with van der Waals surface area (Å²) in [6.07, 6.45) is -2.91. The van der Waals surface area contributed by atoms with Crippen molar-refractivity contribution in [3.05, 3.63) is 35.9 Å². The van der Waals surface area contributed by atoms with Crippen LogP contribution in [0.4, 0.5) is 19.0 Å². The van der Waals surface area contributed by atoms with E-state index in [0.29, 0.717) is 18.8 Å². The Kier molecular flexibility index (Phi) is 7.01. The number of carbonyl (C=O) groups excluding carboxylic acids is 1. The van der Waals surface area contributed by atoms with Crippen LogP contribution in [0.25, 0.3) is 0 Å². The Hall–Kier alpha value is -2.27. The van der Waals surface area contributed by atoms with Gasteiger partial charge in [-0.2, -0.15) is 13.2 Å². The fourth-order valence-corrected chi connectivity index (χ4v) is 3.53. The van der Waals surface area contributed by atoms with Gasteiger partial charge in [0.15, 0.2) is 10.9 Å². The summed E-state index contributed by atoms with van der Waals surface area (Å²) in [5.41, 5.74) is -0.966. The van der Waals surface area contributed by atoms with Crippen molar-refractivity contribution in [3.8, 4) is 0 Å². The molecule has 0 bridgehead atoms. The molecule has 1 amide bonds. The summed E-state index contributed by atoms with van der Waals surface area (Å²) in [6, 6.07) is 4.46. The summed E-state index contributed by atoms with van der Waals surface area (Å²) in [5.74, 6) is 0.947. The van der Waals surface area contributed by atoms with Crippen molar-refractivity contribution in [2.45, 2.75) is 24.3 Å². The van der Waals surface area contributed by atoms with Crippen molar-refractivity contribution in [2.24, 2.45) is 0 Å². The molecule has 0 unspecified atom stereocenters. The molecule has 1 aliphatic heterocycles. The number of halogens is 3. The van der Waals surface area contributed by atoms with Gasteiger partial charge in [0.25, 0.3) is 0 Å². The second-order valence-corrected chi connectivity index (χ2v) is 7.70. The maximum Gasteiger partial charge on any atom is 0.433 e. The molecule has 7 nitrogen and oxygen atoms in total. The summed E-state index contributed by atoms with van der Waals surface area (Å²) < 4.78 is 44.9. The highest BCUT2D eigenvalue weighted by molar-refractivity contribution is 7.99. The predicted molar refractivity (Wildman–Crippen MR) is 103 cm³/mol. The number of nitrogens with one attached hydrogen (secondary N) is 1. The van der Waals surface area contributed by atoms with Gasteiger partial charge in [0, 0.05) is 44.4 Å². The monoisotopic (exact) mass is 429 g/mol. The molecule has 2 aromatic rings. The maximum atomic E-state index is 13.3. The highest BCUT2D eigenvalue weighted by Gasteiger charge is 2.34. The van der Waals surface area contributed by atoms with Crippen LogP contribution in [0.3, 0.4) is 0 Å². The molecule has 158 valence electrons. The summed E-state index contributed by atoms with van der Waals surface area (Å²) in [5, 5.41) is 2.72. The molecular weight excluding hydrogens is 407 g/mol. The molecule has 0 saturated carbocycles. The Morgan fingerprint density at radius 1 is 1.28 bits per heavy atom. The van der Waals surface area contributed by atoms with Crippen LogP contribution in [0, 0.1) is 0 Å². The smallest absolute Gasteiger partial charge is 0.433 e. The third-order valence-corrected chi connectivity index (χ3v) is 5.26. The number of aromatic nitrogens is 2. The number of carbonyl (C=O) groups is 1. The number of likely N-dealkylation sites (N-methyl/N-ethyl adjacent to an activating group) is 1. The predicted octanol–water partition coefficient (Wildman–Crippen LogP) is 2.64. The van der Waals surface area contributed by atoms with Gasteiger partial charge in [-0.1, -0.05) is 11.8 Å². The standard InChI is InChI=1S/C18H22F3N5O2S/c1-25-5-7-26(8-6-25)15-11-14(18(19,20)21)23-17(24-15)29-10-4-16(27)22-12-13-3-2-9-28-13/h2-3,9,11H,4-8,10,12H2,1H3,(H,22,27). The molecule has 0 radical (unpaired) electrons. The van der Waals surface area contributed by atoms with Gasteiger partial charge in [0.2, 0.25) is 5.91 Å². The van der Waals surface area contributed by atoms with Crippen LogP contribution in [0.2, 0.25) is 0 Å². The first-order valence-corrected chi connectivity index (χ1v) is 10.1. The zero-order chi connectivity index (χ0) is 20.9. The van der Waals surface area contributed by atoms with Crippen molar-refractivity contribution in [1.82, 2.24) is 20.2 Å². The minimum Gasteiger partial charge on any atom is -0.467 e. The molecule has 0 spiro atoms. The Bertz CT molecular complexity index is 808. The van der Waals surface area contributed by atoms with E-state index in [1.807, 2.05) is 11.9 Å². The Labute approximate surface area is 170 Å². The molecule has 1 saturated heterocycles. The summed E-state index contributed by atoms with van der Waals surface area (Å²) >= 11 is 1.04. The Morgan fingerprint density at radius 3 is 2.69 bits per heavy atom. The van der Waals surface area contributed by atoms with Crippen molar-refractivity contribution < 1.29 is 22.4 Å². The van der Waals surface area contributed by atoms with Crippen LogP contribution in [-0.4, -0.2) is 59.8 Å². The van der Waals surface area contributed by atoms with E-state index in [1.54, 1.807) is 12.1 Å². The quantitative estimate of drug-likeness (QED) is 0.536. The second kappa shape index (κ2) is 9.49. The van der Waals surface area contributed by atoms with Gasteiger partial charge in [-0.15, -0.1) is 0 Å². The van der Waals surface area contributed by atoms with Crippen LogP contribution in [-0.2, 0) is 17.5 Å². The fraction of sp³-hybridized carbons (Fsp3) is 0.500. The topological polar surface area (TPSA) is 74.5 Å². The zero-order valence-electron chi connectivity index (χ0n) is 15.9. The molecule has 11 heteroatoms. The molecule has 0 aliphatic carbocycles. The van der Waals surface area contributed by atoms with Gasteiger partial charge >= 0.3 is 6.18 Å². The van der Waals surface area contributed by atoms with Crippen molar-refractivity contribution in [2.75, 3.05) is 43.9 Å². The number of amides is 1. The van der Waals surface area contributed by atoms with Crippen LogP contribution in [0.15, 0.2) is 34.0 Å². The van der Waals surface area contributed by atoms with E-state index < -0.39 is 11.9 Å². The lowest BCUT2D eigenvalue weighted by Gasteiger charge is -2.33. The van der Waals surface area contributed by atoms with Gasteiger partial charge in [0.05, 0.1) is 12.8 Å². The molecule has 1 N–H and O–H groups in total. The molecule has 2 aromatic heterocycles. The number of nitrogens with zero attached hydrogens (tertiary/aromatic N) is 4. The molecule has 0 atom stereocenters. The summed E-state index contributed by atoms with van der Waals surface area (Å²) in [6.45, 7) is 2.98. The lowest BCUT2D eigenvalue weighted by Crippen LogP contribution is -2.45. The van der Waals surface area contributed by atoms with Crippen LogP contribution >= 0.6 is 11.8 Å². The van der Waals surface area contributed by atoms with E-state index in [0.717, 1.165) is 30.9 Å².